The number of guanidine groups is 1. The Hall–Kier alpha value is -0.570. The molecule has 1 saturated heterocycles. The summed E-state index contributed by atoms with van der Waals surface area (Å²) in [6.07, 6.45) is 13.9. The predicted octanol–water partition coefficient (Wildman–Crippen LogP) is 3.50. The molecule has 29 heavy (non-hydrogen) atoms. The van der Waals surface area contributed by atoms with Crippen LogP contribution in [0.25, 0.3) is 0 Å². The Morgan fingerprint density at radius 2 is 1.76 bits per heavy atom. The quantitative estimate of drug-likeness (QED) is 0.168. The molecule has 0 aromatic rings. The number of halogens is 1. The van der Waals surface area contributed by atoms with Crippen LogP contribution in [0.1, 0.15) is 77.6 Å². The molecule has 1 amide bonds. The molecule has 0 atom stereocenters. The van der Waals surface area contributed by atoms with Crippen molar-refractivity contribution in [2.24, 2.45) is 22.6 Å². The van der Waals surface area contributed by atoms with E-state index in [0.717, 1.165) is 70.4 Å². The molecule has 4 N–H and O–H groups in total. The van der Waals surface area contributed by atoms with Crippen LogP contribution in [0.4, 0.5) is 0 Å². The molecular formula is C22H44IN5O. The first kappa shape index (κ1) is 26.5. The fraction of sp³-hybridized carbons (Fsp3) is 0.909. The van der Waals surface area contributed by atoms with Crippen LogP contribution < -0.4 is 16.4 Å². The standard InChI is InChI=1S/C22H43N5O.HI/c1-2-24-22(26-15-8-11-19-9-4-3-5-10-19)25-14-6-7-16-27-17-12-20(13-18-27)21(23)28;/h19-20H,2-18H2,1H3,(H2,23,28)(H2,24,25,26);1H. The molecule has 0 unspecified atom stereocenters. The number of hydrogen-bond acceptors (Lipinski definition) is 3. The van der Waals surface area contributed by atoms with Gasteiger partial charge in [-0.15, -0.1) is 24.0 Å². The van der Waals surface area contributed by atoms with Crippen molar-refractivity contribution in [1.82, 2.24) is 15.5 Å². The van der Waals surface area contributed by atoms with E-state index in [1.54, 1.807) is 0 Å². The molecule has 2 fully saturated rings. The third-order valence-corrected chi connectivity index (χ3v) is 6.29. The predicted molar refractivity (Wildman–Crippen MR) is 133 cm³/mol. The molecule has 0 aromatic heterocycles. The molecule has 7 heteroatoms. The van der Waals surface area contributed by atoms with Crippen molar-refractivity contribution in [1.29, 1.82) is 0 Å². The van der Waals surface area contributed by atoms with Crippen LogP contribution >= 0.6 is 24.0 Å². The van der Waals surface area contributed by atoms with Crippen molar-refractivity contribution >= 4 is 35.8 Å². The van der Waals surface area contributed by atoms with Gasteiger partial charge in [0, 0.05) is 25.6 Å². The highest BCUT2D eigenvalue weighted by Crippen LogP contribution is 2.27. The molecule has 1 aliphatic carbocycles. The van der Waals surface area contributed by atoms with Crippen LogP contribution in [0.2, 0.25) is 0 Å². The van der Waals surface area contributed by atoms with E-state index in [2.05, 4.69) is 22.5 Å². The third kappa shape index (κ3) is 11.4. The highest BCUT2D eigenvalue weighted by molar-refractivity contribution is 14.0. The zero-order chi connectivity index (χ0) is 20.0. The van der Waals surface area contributed by atoms with Gasteiger partial charge in [0.1, 0.15) is 0 Å². The number of primary amides is 1. The van der Waals surface area contributed by atoms with Gasteiger partial charge in [0.25, 0.3) is 0 Å². The Morgan fingerprint density at radius 3 is 2.41 bits per heavy atom. The van der Waals surface area contributed by atoms with E-state index < -0.39 is 0 Å². The van der Waals surface area contributed by atoms with Gasteiger partial charge < -0.3 is 21.3 Å². The molecule has 170 valence electrons. The summed E-state index contributed by atoms with van der Waals surface area (Å²) in [7, 11) is 0. The van der Waals surface area contributed by atoms with E-state index >= 15 is 0 Å². The van der Waals surface area contributed by atoms with Crippen LogP contribution in [0.15, 0.2) is 4.99 Å². The van der Waals surface area contributed by atoms with Crippen molar-refractivity contribution < 1.29 is 4.79 Å². The highest BCUT2D eigenvalue weighted by Gasteiger charge is 2.22. The Balaban J connectivity index is 0.00000420. The van der Waals surface area contributed by atoms with Gasteiger partial charge in [-0.05, 0) is 71.0 Å². The van der Waals surface area contributed by atoms with Gasteiger partial charge in [0.15, 0.2) is 5.96 Å². The number of likely N-dealkylation sites (tertiary alicyclic amines) is 1. The van der Waals surface area contributed by atoms with E-state index in [1.165, 1.54) is 51.4 Å². The average molecular weight is 522 g/mol. The van der Waals surface area contributed by atoms with Crippen molar-refractivity contribution in [2.45, 2.75) is 77.6 Å². The fourth-order valence-electron chi connectivity index (χ4n) is 4.50. The molecule has 2 aliphatic rings. The summed E-state index contributed by atoms with van der Waals surface area (Å²) < 4.78 is 0. The van der Waals surface area contributed by atoms with Gasteiger partial charge in [0.2, 0.25) is 5.91 Å². The second-order valence-corrected chi connectivity index (χ2v) is 8.56. The number of carbonyl (C=O) groups excluding carboxylic acids is 1. The van der Waals surface area contributed by atoms with Crippen molar-refractivity contribution in [3.05, 3.63) is 0 Å². The smallest absolute Gasteiger partial charge is 0.220 e. The summed E-state index contributed by atoms with van der Waals surface area (Å²) in [6, 6.07) is 0. The molecule has 1 aliphatic heterocycles. The highest BCUT2D eigenvalue weighted by atomic mass is 127. The Labute approximate surface area is 195 Å². The second-order valence-electron chi connectivity index (χ2n) is 8.56. The number of rotatable bonds is 11. The maximum Gasteiger partial charge on any atom is 0.220 e. The van der Waals surface area contributed by atoms with Crippen LogP contribution in [-0.4, -0.2) is 56.0 Å². The number of piperidine rings is 1. The van der Waals surface area contributed by atoms with E-state index in [4.69, 9.17) is 10.7 Å². The van der Waals surface area contributed by atoms with Gasteiger partial charge in [-0.3, -0.25) is 9.79 Å². The summed E-state index contributed by atoms with van der Waals surface area (Å²) in [5.41, 5.74) is 5.40. The van der Waals surface area contributed by atoms with Crippen LogP contribution in [0.3, 0.4) is 0 Å². The zero-order valence-electron chi connectivity index (χ0n) is 18.5. The third-order valence-electron chi connectivity index (χ3n) is 6.29. The number of aliphatic imine (C=N–C) groups is 1. The topological polar surface area (TPSA) is 82.8 Å². The fourth-order valence-corrected chi connectivity index (χ4v) is 4.50. The monoisotopic (exact) mass is 521 g/mol. The number of nitrogens with zero attached hydrogens (tertiary/aromatic N) is 2. The lowest BCUT2D eigenvalue weighted by molar-refractivity contribution is -0.123. The SMILES string of the molecule is CCNC(=NCCCC1CCCCC1)NCCCCN1CCC(C(N)=O)CC1.I. The maximum atomic E-state index is 11.2. The molecule has 0 aromatic carbocycles. The Kier molecular flexibility index (Phi) is 14.8. The van der Waals surface area contributed by atoms with Crippen molar-refractivity contribution in [3.8, 4) is 0 Å². The molecule has 0 bridgehead atoms. The second kappa shape index (κ2) is 16.2. The lowest BCUT2D eigenvalue weighted by Gasteiger charge is -2.30. The van der Waals surface area contributed by atoms with Gasteiger partial charge in [-0.2, -0.15) is 0 Å². The lowest BCUT2D eigenvalue weighted by atomic mass is 9.86. The van der Waals surface area contributed by atoms with Gasteiger partial charge in [-0.25, -0.2) is 0 Å². The molecule has 0 spiro atoms. The first-order valence-electron chi connectivity index (χ1n) is 11.7. The van der Waals surface area contributed by atoms with Crippen LogP contribution in [0.5, 0.6) is 0 Å². The molecule has 2 rings (SSSR count). The zero-order valence-corrected chi connectivity index (χ0v) is 20.8. The Bertz CT molecular complexity index is 460. The van der Waals surface area contributed by atoms with Crippen LogP contribution in [0, 0.1) is 11.8 Å². The molecule has 6 nitrogen and oxygen atoms in total. The number of amides is 1. The normalized spacial score (nSPS) is 19.6. The first-order valence-corrected chi connectivity index (χ1v) is 11.7. The van der Waals surface area contributed by atoms with Gasteiger partial charge >= 0.3 is 0 Å². The number of unbranched alkanes of at least 4 members (excludes halogenated alkanes) is 1. The average Bonchev–Trinajstić information content (AvgIpc) is 2.72. The minimum atomic E-state index is -0.127. The lowest BCUT2D eigenvalue weighted by Crippen LogP contribution is -2.39. The summed E-state index contributed by atoms with van der Waals surface area (Å²) in [5, 5.41) is 6.84. The molecule has 1 heterocycles. The summed E-state index contributed by atoms with van der Waals surface area (Å²) in [4.78, 5) is 18.4. The van der Waals surface area contributed by atoms with Crippen molar-refractivity contribution in [3.63, 3.8) is 0 Å². The minimum absolute atomic E-state index is 0. The number of nitrogens with two attached hydrogens (primary N) is 1. The number of carbonyl (C=O) groups is 1. The minimum Gasteiger partial charge on any atom is -0.369 e. The molecular weight excluding hydrogens is 477 g/mol. The van der Waals surface area contributed by atoms with Gasteiger partial charge in [0.05, 0.1) is 0 Å². The summed E-state index contributed by atoms with van der Waals surface area (Å²) in [5.74, 6) is 1.88. The van der Waals surface area contributed by atoms with E-state index in [1.807, 2.05) is 0 Å². The largest absolute Gasteiger partial charge is 0.369 e. The first-order chi connectivity index (χ1) is 13.7. The summed E-state index contributed by atoms with van der Waals surface area (Å²) >= 11 is 0. The summed E-state index contributed by atoms with van der Waals surface area (Å²) in [6.45, 7) is 8.05. The number of hydrogen-bond donors (Lipinski definition) is 3. The molecule has 1 saturated carbocycles. The van der Waals surface area contributed by atoms with Crippen molar-refractivity contribution in [2.75, 3.05) is 39.3 Å². The van der Waals surface area contributed by atoms with E-state index in [-0.39, 0.29) is 35.8 Å². The maximum absolute atomic E-state index is 11.2. The van der Waals surface area contributed by atoms with E-state index in [0.29, 0.717) is 0 Å². The van der Waals surface area contributed by atoms with E-state index in [9.17, 15) is 4.79 Å². The molecule has 0 radical (unpaired) electrons. The van der Waals surface area contributed by atoms with Gasteiger partial charge in [-0.1, -0.05) is 32.1 Å². The van der Waals surface area contributed by atoms with Crippen LogP contribution in [-0.2, 0) is 4.79 Å². The number of nitrogens with one attached hydrogen (secondary N) is 2. The Morgan fingerprint density at radius 1 is 1.03 bits per heavy atom.